The third kappa shape index (κ3) is 7.42. The molecule has 1 aromatic carbocycles. The van der Waals surface area contributed by atoms with Crippen molar-refractivity contribution in [1.82, 2.24) is 5.32 Å². The standard InChI is InChI=1S/C27H43N3O13/c1-11(12-5-3-2-4-6-12)7-30-18-22(37)24(42-26-17(29)20(35)19(34)13(8-31)40-26)15(10-33)41-27(18)43-23-14(9-32)39-25(38)16(28)21(23)36/h2-6,13-27,30-38H,1,7-10,28-29H2/t13-,14-,15-,16-,17-,18-,19-,20-,21-,22-,23?,24?,25-,26+,27+/m1/s1. The van der Waals surface area contributed by atoms with Crippen LogP contribution >= 0.6 is 0 Å². The lowest BCUT2D eigenvalue weighted by atomic mass is 9.93. The minimum absolute atomic E-state index is 0.105. The van der Waals surface area contributed by atoms with Gasteiger partial charge in [-0.15, -0.1) is 0 Å². The summed E-state index contributed by atoms with van der Waals surface area (Å²) in [6, 6.07) is 5.45. The van der Waals surface area contributed by atoms with Gasteiger partial charge in [0, 0.05) is 6.54 Å². The number of rotatable bonds is 11. The Bertz CT molecular complexity index is 1020. The Balaban J connectivity index is 1.58. The Hall–Kier alpha value is -1.68. The monoisotopic (exact) mass is 617 g/mol. The van der Waals surface area contributed by atoms with Crippen molar-refractivity contribution in [3.8, 4) is 0 Å². The Morgan fingerprint density at radius 3 is 1.91 bits per heavy atom. The van der Waals surface area contributed by atoms with Gasteiger partial charge in [0.15, 0.2) is 18.9 Å². The minimum Gasteiger partial charge on any atom is -0.394 e. The summed E-state index contributed by atoms with van der Waals surface area (Å²) < 4.78 is 28.8. The first-order valence-electron chi connectivity index (χ1n) is 14.0. The summed E-state index contributed by atoms with van der Waals surface area (Å²) in [4.78, 5) is 0. The molecule has 16 heteroatoms. The van der Waals surface area contributed by atoms with Gasteiger partial charge in [-0.05, 0) is 11.1 Å². The molecule has 15 atom stereocenters. The molecule has 3 saturated heterocycles. The molecule has 0 spiro atoms. The molecule has 0 bridgehead atoms. The fourth-order valence-electron chi connectivity index (χ4n) is 5.39. The maximum Gasteiger partial charge on any atom is 0.176 e. The van der Waals surface area contributed by atoms with E-state index in [1.807, 2.05) is 30.3 Å². The Kier molecular flexibility index (Phi) is 12.0. The molecule has 1 aromatic rings. The predicted molar refractivity (Wildman–Crippen MR) is 146 cm³/mol. The molecule has 2 unspecified atom stereocenters. The highest BCUT2D eigenvalue weighted by Gasteiger charge is 2.53. The lowest BCUT2D eigenvalue weighted by Gasteiger charge is -2.49. The topological polar surface area (TPSA) is 272 Å². The van der Waals surface area contributed by atoms with Gasteiger partial charge in [0.25, 0.3) is 0 Å². The van der Waals surface area contributed by atoms with E-state index in [1.54, 1.807) is 0 Å². The number of benzene rings is 1. The van der Waals surface area contributed by atoms with Gasteiger partial charge in [-0.3, -0.25) is 0 Å². The summed E-state index contributed by atoms with van der Waals surface area (Å²) >= 11 is 0. The van der Waals surface area contributed by atoms with E-state index >= 15 is 0 Å². The quantitative estimate of drug-likeness (QED) is 0.111. The molecule has 0 aliphatic carbocycles. The summed E-state index contributed by atoms with van der Waals surface area (Å²) in [5.41, 5.74) is 13.3. The normalized spacial score (nSPS) is 43.8. The van der Waals surface area contributed by atoms with Crippen LogP contribution in [0, 0.1) is 0 Å². The molecule has 0 amide bonds. The van der Waals surface area contributed by atoms with E-state index in [1.165, 1.54) is 0 Å². The molecule has 4 rings (SSSR count). The van der Waals surface area contributed by atoms with E-state index < -0.39 is 112 Å². The molecule has 244 valence electrons. The van der Waals surface area contributed by atoms with Crippen LogP contribution in [0.5, 0.6) is 0 Å². The van der Waals surface area contributed by atoms with Gasteiger partial charge in [0.1, 0.15) is 54.9 Å². The molecular formula is C27H43N3O13. The molecule has 3 aliphatic heterocycles. The Morgan fingerprint density at radius 2 is 1.28 bits per heavy atom. The summed E-state index contributed by atoms with van der Waals surface area (Å²) in [7, 11) is 0. The smallest absolute Gasteiger partial charge is 0.176 e. The zero-order valence-electron chi connectivity index (χ0n) is 23.4. The molecule has 3 aliphatic rings. The summed E-state index contributed by atoms with van der Waals surface area (Å²) in [5, 5.41) is 85.6. The molecule has 0 radical (unpaired) electrons. The third-order valence-electron chi connectivity index (χ3n) is 8.02. The number of nitrogens with two attached hydrogens (primary N) is 2. The molecule has 0 aromatic heterocycles. The van der Waals surface area contributed by atoms with E-state index in [-0.39, 0.29) is 6.54 Å². The van der Waals surface area contributed by atoms with Gasteiger partial charge < -0.3 is 81.3 Å². The highest BCUT2D eigenvalue weighted by Crippen LogP contribution is 2.32. The highest BCUT2D eigenvalue weighted by molar-refractivity contribution is 5.64. The predicted octanol–water partition coefficient (Wildman–Crippen LogP) is -5.33. The second kappa shape index (κ2) is 15.1. The molecule has 0 saturated carbocycles. The van der Waals surface area contributed by atoms with E-state index in [2.05, 4.69) is 11.9 Å². The number of hydrogen-bond donors (Lipinski definition) is 11. The largest absolute Gasteiger partial charge is 0.394 e. The molecule has 16 nitrogen and oxygen atoms in total. The summed E-state index contributed by atoms with van der Waals surface area (Å²) in [5.74, 6) is 0. The first-order valence-corrected chi connectivity index (χ1v) is 14.0. The van der Waals surface area contributed by atoms with Crippen LogP contribution < -0.4 is 16.8 Å². The fourth-order valence-corrected chi connectivity index (χ4v) is 5.39. The number of ether oxygens (including phenoxy) is 5. The van der Waals surface area contributed by atoms with Crippen molar-refractivity contribution in [3.05, 3.63) is 42.5 Å². The summed E-state index contributed by atoms with van der Waals surface area (Å²) in [6.07, 6.45) is -16.9. The number of nitrogens with one attached hydrogen (secondary N) is 1. The first-order chi connectivity index (χ1) is 20.5. The average molecular weight is 618 g/mol. The van der Waals surface area contributed by atoms with Crippen molar-refractivity contribution < 1.29 is 64.5 Å². The fraction of sp³-hybridized carbons (Fsp3) is 0.704. The number of aliphatic hydroxyl groups is 8. The van der Waals surface area contributed by atoms with Gasteiger partial charge in [0.05, 0.1) is 37.9 Å². The molecule has 3 heterocycles. The van der Waals surface area contributed by atoms with Crippen LogP contribution in [0.15, 0.2) is 36.9 Å². The maximum atomic E-state index is 11.6. The van der Waals surface area contributed by atoms with Crippen LogP contribution in [0.2, 0.25) is 0 Å². The van der Waals surface area contributed by atoms with E-state index in [4.69, 9.17) is 35.2 Å². The van der Waals surface area contributed by atoms with E-state index in [9.17, 15) is 40.9 Å². The Morgan fingerprint density at radius 1 is 0.721 bits per heavy atom. The van der Waals surface area contributed by atoms with Gasteiger partial charge in [-0.25, -0.2) is 0 Å². The van der Waals surface area contributed by atoms with E-state index in [0.29, 0.717) is 5.57 Å². The summed E-state index contributed by atoms with van der Waals surface area (Å²) in [6.45, 7) is 2.16. The van der Waals surface area contributed by atoms with E-state index in [0.717, 1.165) is 5.56 Å². The SMILES string of the molecule is C=C(CN[C@H]1[C@H](OC2[C@@H](CO)O[C@@H](O)[C@H](N)[C@H]2O)O[C@H](CO)C(O[C@@H]2O[C@H](CO)[C@@H](O)[C@H](O)[C@H]2N)[C@@H]1O)c1ccccc1. The Labute approximate surface area is 248 Å². The van der Waals surface area contributed by atoms with Crippen molar-refractivity contribution in [2.45, 2.75) is 91.9 Å². The highest BCUT2D eigenvalue weighted by atomic mass is 16.7. The zero-order chi connectivity index (χ0) is 31.4. The van der Waals surface area contributed by atoms with Crippen molar-refractivity contribution in [2.75, 3.05) is 26.4 Å². The first kappa shape index (κ1) is 34.2. The van der Waals surface area contributed by atoms with Crippen LogP contribution in [-0.2, 0) is 23.7 Å². The third-order valence-corrected chi connectivity index (χ3v) is 8.02. The van der Waals surface area contributed by atoms with Crippen LogP contribution in [0.1, 0.15) is 5.56 Å². The lowest BCUT2D eigenvalue weighted by Crippen LogP contribution is -2.70. The number of hydrogen-bond acceptors (Lipinski definition) is 16. The maximum absolute atomic E-state index is 11.6. The molecule has 13 N–H and O–H groups in total. The van der Waals surface area contributed by atoms with Gasteiger partial charge in [-0.1, -0.05) is 36.9 Å². The van der Waals surface area contributed by atoms with Crippen molar-refractivity contribution in [3.63, 3.8) is 0 Å². The van der Waals surface area contributed by atoms with Crippen molar-refractivity contribution in [2.24, 2.45) is 11.5 Å². The van der Waals surface area contributed by atoms with Crippen LogP contribution in [0.3, 0.4) is 0 Å². The molecule has 43 heavy (non-hydrogen) atoms. The van der Waals surface area contributed by atoms with Crippen molar-refractivity contribution >= 4 is 5.57 Å². The second-order valence-corrected chi connectivity index (χ2v) is 10.9. The van der Waals surface area contributed by atoms with Gasteiger partial charge in [0.2, 0.25) is 0 Å². The zero-order valence-corrected chi connectivity index (χ0v) is 23.4. The minimum atomic E-state index is -1.58. The van der Waals surface area contributed by atoms with Crippen molar-refractivity contribution in [1.29, 1.82) is 0 Å². The molecular weight excluding hydrogens is 574 g/mol. The van der Waals surface area contributed by atoms with Crippen LogP contribution in [0.25, 0.3) is 5.57 Å². The van der Waals surface area contributed by atoms with Crippen LogP contribution in [0.4, 0.5) is 0 Å². The van der Waals surface area contributed by atoms with Gasteiger partial charge >= 0.3 is 0 Å². The second-order valence-electron chi connectivity index (χ2n) is 10.9. The molecule has 3 fully saturated rings. The number of aliphatic hydroxyl groups excluding tert-OH is 8. The average Bonchev–Trinajstić information content (AvgIpc) is 3.02. The lowest BCUT2D eigenvalue weighted by molar-refractivity contribution is -0.350. The van der Waals surface area contributed by atoms with Crippen LogP contribution in [-0.4, -0.2) is 159 Å². The van der Waals surface area contributed by atoms with Gasteiger partial charge in [-0.2, -0.15) is 0 Å².